The van der Waals surface area contributed by atoms with E-state index in [0.29, 0.717) is 16.9 Å². The molecule has 1 aliphatic rings. The maximum Gasteiger partial charge on any atom is 0.245 e. The molecule has 1 aliphatic heterocycles. The van der Waals surface area contributed by atoms with Gasteiger partial charge in [-0.15, -0.1) is 5.10 Å². The molecule has 0 aliphatic carbocycles. The quantitative estimate of drug-likeness (QED) is 0.0340. The third kappa shape index (κ3) is 18.4. The van der Waals surface area contributed by atoms with Gasteiger partial charge in [-0.05, 0) is 25.5 Å². The minimum Gasteiger partial charge on any atom is -0.394 e. The van der Waals surface area contributed by atoms with Gasteiger partial charge in [-0.1, -0.05) is 61.5 Å². The topological polar surface area (TPSA) is 400 Å². The SMILES string of the molecule is CC(C)C(=O)[C@H](CO)NC(=O)CNC(=O)CNC(=O)CNC(=O)CNC(=O)[C@H](CO)NC(=O)CNC(=O)CNC(=O)CNC(=O)CNC(=O)CCC(=O)N1Cc2ccccc2-c2c(nnn2C(C)C)-c2ccccc21. The van der Waals surface area contributed by atoms with E-state index in [0.717, 1.165) is 16.8 Å². The molecule has 3 aromatic rings. The van der Waals surface area contributed by atoms with Crippen LogP contribution >= 0.6 is 0 Å². The van der Waals surface area contributed by atoms with Gasteiger partial charge in [0.25, 0.3) is 0 Å². The summed E-state index contributed by atoms with van der Waals surface area (Å²) >= 11 is 0. The summed E-state index contributed by atoms with van der Waals surface area (Å²) in [6, 6.07) is 12.3. The number of hydrogen-bond donors (Lipinski definition) is 12. The smallest absolute Gasteiger partial charge is 0.245 e. The average Bonchev–Trinajstić information content (AvgIpc) is 3.84. The molecule has 75 heavy (non-hydrogen) atoms. The largest absolute Gasteiger partial charge is 0.394 e. The Hall–Kier alpha value is -8.66. The number of rotatable bonds is 27. The summed E-state index contributed by atoms with van der Waals surface area (Å²) in [4.78, 5) is 150. The first-order valence-corrected chi connectivity index (χ1v) is 23.6. The van der Waals surface area contributed by atoms with Crippen LogP contribution in [0, 0.1) is 5.92 Å². The van der Waals surface area contributed by atoms with E-state index < -0.39 is 148 Å². The van der Waals surface area contributed by atoms with Crippen molar-refractivity contribution in [2.24, 2.45) is 5.92 Å². The molecule has 0 spiro atoms. The van der Waals surface area contributed by atoms with Crippen molar-refractivity contribution in [1.29, 1.82) is 0 Å². The van der Waals surface area contributed by atoms with Gasteiger partial charge in [0.15, 0.2) is 5.78 Å². The lowest BCUT2D eigenvalue weighted by atomic mass is 9.95. The lowest BCUT2D eigenvalue weighted by Gasteiger charge is -2.28. The maximum atomic E-state index is 13.8. The maximum absolute atomic E-state index is 13.8. The highest BCUT2D eigenvalue weighted by Crippen LogP contribution is 2.41. The van der Waals surface area contributed by atoms with Crippen molar-refractivity contribution in [3.05, 3.63) is 54.1 Å². The highest BCUT2D eigenvalue weighted by atomic mass is 16.3. The van der Waals surface area contributed by atoms with Gasteiger partial charge in [0.1, 0.15) is 17.8 Å². The molecule has 28 nitrogen and oxygen atoms in total. The number of fused-ring (bicyclic) bond motifs is 5. The van der Waals surface area contributed by atoms with Crippen molar-refractivity contribution in [2.45, 2.75) is 65.2 Å². The van der Waals surface area contributed by atoms with Crippen molar-refractivity contribution in [2.75, 3.05) is 70.5 Å². The van der Waals surface area contributed by atoms with Crippen molar-refractivity contribution < 1.29 is 67.7 Å². The molecule has 2 aromatic carbocycles. The summed E-state index contributed by atoms with van der Waals surface area (Å²) in [5, 5.41) is 50.1. The number of Topliss-reactive ketones (excluding diaryl/α,β-unsaturated/α-hetero) is 1. The molecule has 12 N–H and O–H groups in total. The van der Waals surface area contributed by atoms with Crippen LogP contribution in [0.4, 0.5) is 5.69 Å². The Morgan fingerprint density at radius 1 is 0.520 bits per heavy atom. The summed E-state index contributed by atoms with van der Waals surface area (Å²) < 4.78 is 1.85. The van der Waals surface area contributed by atoms with E-state index in [-0.39, 0.29) is 31.3 Å². The standard InChI is InChI=1S/C47H62N14O14/c1-26(2)46(74)31(24-62)56-41(71)21-53-38(68)18-51-37(67)17-52-40(70)20-55-47(75)32(25-63)57-42(72)22-54-39(69)19-50-36(66)16-49-35(65)15-48-34(64)13-14-43(73)60-23-28-9-5-6-10-29(28)45-44(58-59-61(45)27(3)4)30-11-7-8-12-33(30)60/h5-12,26-27,31-32,62-63H,13-25H2,1-4H3,(H,48,64)(H,49,65)(H,50,66)(H,51,67)(H,52,70)(H,53,68)(H,54,69)(H,55,75)(H,56,71)(H,57,72)/t31-,32-/m0/s1. The lowest BCUT2D eigenvalue weighted by molar-refractivity contribution is -0.132. The van der Waals surface area contributed by atoms with E-state index in [1.54, 1.807) is 30.9 Å². The fourth-order valence-electron chi connectivity index (χ4n) is 7.02. The minimum absolute atomic E-state index is 0.0141. The van der Waals surface area contributed by atoms with Gasteiger partial charge in [-0.25, -0.2) is 4.68 Å². The van der Waals surface area contributed by atoms with Crippen LogP contribution in [-0.4, -0.2) is 174 Å². The van der Waals surface area contributed by atoms with Crippen LogP contribution in [0.25, 0.3) is 22.5 Å². The number of aliphatic hydroxyl groups excluding tert-OH is 2. The number of para-hydroxylation sites is 1. The highest BCUT2D eigenvalue weighted by Gasteiger charge is 2.30. The number of nitrogens with zero attached hydrogens (tertiary/aromatic N) is 4. The zero-order chi connectivity index (χ0) is 55.2. The molecule has 2 atom stereocenters. The first-order valence-electron chi connectivity index (χ1n) is 23.6. The zero-order valence-electron chi connectivity index (χ0n) is 41.7. The summed E-state index contributed by atoms with van der Waals surface area (Å²) in [5.41, 5.74) is 4.48. The summed E-state index contributed by atoms with van der Waals surface area (Å²) in [7, 11) is 0. The number of amides is 11. The van der Waals surface area contributed by atoms with Gasteiger partial charge in [-0.2, -0.15) is 0 Å². The van der Waals surface area contributed by atoms with Crippen LogP contribution in [0.2, 0.25) is 0 Å². The van der Waals surface area contributed by atoms with Crippen molar-refractivity contribution in [3.8, 4) is 22.5 Å². The molecule has 0 unspecified atom stereocenters. The Morgan fingerprint density at radius 3 is 1.43 bits per heavy atom. The molecule has 11 amide bonds. The fraction of sp³-hybridized carbons (Fsp3) is 0.447. The Morgan fingerprint density at radius 2 is 0.947 bits per heavy atom. The minimum atomic E-state index is -1.57. The van der Waals surface area contributed by atoms with Crippen LogP contribution in [0.15, 0.2) is 48.5 Å². The monoisotopic (exact) mass is 1050 g/mol. The molecular formula is C47H62N14O14. The first-order chi connectivity index (χ1) is 35.7. The molecule has 0 saturated carbocycles. The number of nitrogens with one attached hydrogen (secondary N) is 10. The summed E-state index contributed by atoms with van der Waals surface area (Å²) in [5.74, 6) is -9.36. The number of aromatic nitrogens is 3. The number of ketones is 1. The molecule has 1 aromatic heterocycles. The Balaban J connectivity index is 1.07. The van der Waals surface area contributed by atoms with Gasteiger partial charge >= 0.3 is 0 Å². The van der Waals surface area contributed by atoms with E-state index in [9.17, 15) is 67.7 Å². The second kappa shape index (κ2) is 29.1. The molecule has 28 heteroatoms. The Kier molecular flexibility index (Phi) is 22.9. The summed E-state index contributed by atoms with van der Waals surface area (Å²) in [6.45, 7) is 0.965. The predicted molar refractivity (Wildman–Crippen MR) is 264 cm³/mol. The zero-order valence-corrected chi connectivity index (χ0v) is 41.7. The van der Waals surface area contributed by atoms with E-state index in [1.807, 2.05) is 54.9 Å². The molecule has 0 bridgehead atoms. The van der Waals surface area contributed by atoms with E-state index in [1.165, 1.54) is 0 Å². The van der Waals surface area contributed by atoms with Gasteiger partial charge in [0.2, 0.25) is 65.0 Å². The second-order valence-electron chi connectivity index (χ2n) is 17.3. The van der Waals surface area contributed by atoms with Gasteiger partial charge in [-0.3, -0.25) is 57.5 Å². The predicted octanol–water partition coefficient (Wildman–Crippen LogP) is -5.07. The average molecular weight is 1050 g/mol. The van der Waals surface area contributed by atoms with Gasteiger partial charge in [0, 0.05) is 35.9 Å². The fourth-order valence-corrected chi connectivity index (χ4v) is 7.02. The van der Waals surface area contributed by atoms with Gasteiger partial charge < -0.3 is 68.3 Å². The van der Waals surface area contributed by atoms with E-state index in [2.05, 4.69) is 63.5 Å². The van der Waals surface area contributed by atoms with Gasteiger partial charge in [0.05, 0.1) is 83.5 Å². The lowest BCUT2D eigenvalue weighted by Crippen LogP contribution is -2.53. The number of carbonyl (C=O) groups excluding carboxylic acids is 12. The molecule has 404 valence electrons. The summed E-state index contributed by atoms with van der Waals surface area (Å²) in [6.07, 6.45) is -0.434. The number of anilines is 1. The Bertz CT molecular complexity index is 2620. The van der Waals surface area contributed by atoms with E-state index >= 15 is 0 Å². The molecule has 4 rings (SSSR count). The third-order valence-electron chi connectivity index (χ3n) is 10.9. The first kappa shape index (κ1) is 58.9. The highest BCUT2D eigenvalue weighted by molar-refractivity contribution is 6.02. The second-order valence-corrected chi connectivity index (χ2v) is 17.3. The van der Waals surface area contributed by atoms with E-state index in [4.69, 9.17) is 0 Å². The number of carbonyl (C=O) groups is 12. The van der Waals surface area contributed by atoms with Crippen LogP contribution in [-0.2, 0) is 64.1 Å². The number of aliphatic hydroxyl groups is 2. The van der Waals surface area contributed by atoms with Crippen molar-refractivity contribution in [1.82, 2.24) is 68.2 Å². The van der Waals surface area contributed by atoms with Crippen molar-refractivity contribution >= 4 is 76.4 Å². The molecule has 2 heterocycles. The van der Waals surface area contributed by atoms with Crippen LogP contribution in [0.1, 0.15) is 52.1 Å². The third-order valence-corrected chi connectivity index (χ3v) is 10.9. The van der Waals surface area contributed by atoms with Crippen LogP contribution in [0.5, 0.6) is 0 Å². The molecular weight excluding hydrogens is 985 g/mol. The number of hydrogen-bond acceptors (Lipinski definition) is 16. The normalized spacial score (nSPS) is 12.1. The number of benzene rings is 2. The molecule has 0 saturated heterocycles. The van der Waals surface area contributed by atoms with Crippen LogP contribution in [0.3, 0.4) is 0 Å². The molecule has 0 radical (unpaired) electrons. The van der Waals surface area contributed by atoms with Crippen molar-refractivity contribution in [3.63, 3.8) is 0 Å². The molecule has 0 fully saturated rings. The Labute approximate surface area is 429 Å². The van der Waals surface area contributed by atoms with Crippen LogP contribution < -0.4 is 58.1 Å².